The molecule has 0 saturated heterocycles. The second-order valence-electron chi connectivity index (χ2n) is 8.08. The maximum absolute atomic E-state index is 13.0. The van der Waals surface area contributed by atoms with Crippen LogP contribution in [-0.2, 0) is 15.4 Å². The zero-order chi connectivity index (χ0) is 22.1. The topological polar surface area (TPSA) is 76.1 Å². The van der Waals surface area contributed by atoms with E-state index in [-0.39, 0.29) is 27.3 Å². The highest BCUT2D eigenvalue weighted by molar-refractivity contribution is 7.92. The average Bonchev–Trinajstić information content (AvgIpc) is 2.68. The average molecular weight is 443 g/mol. The van der Waals surface area contributed by atoms with Crippen molar-refractivity contribution in [3.63, 3.8) is 0 Å². The highest BCUT2D eigenvalue weighted by atomic mass is 35.5. The van der Waals surface area contributed by atoms with Crippen molar-refractivity contribution in [2.24, 2.45) is 0 Å². The van der Waals surface area contributed by atoms with Crippen molar-refractivity contribution in [2.45, 2.75) is 38.0 Å². The first kappa shape index (κ1) is 22.0. The van der Waals surface area contributed by atoms with Crippen LogP contribution in [0.1, 0.15) is 48.0 Å². The van der Waals surface area contributed by atoms with Crippen LogP contribution >= 0.6 is 11.6 Å². The van der Waals surface area contributed by atoms with Gasteiger partial charge in [-0.15, -0.1) is 0 Å². The lowest BCUT2D eigenvalue weighted by atomic mass is 9.87. The van der Waals surface area contributed by atoms with Crippen LogP contribution in [-0.4, -0.2) is 19.2 Å². The van der Waals surface area contributed by atoms with Crippen molar-refractivity contribution in [1.29, 1.82) is 0 Å². The van der Waals surface area contributed by atoms with Crippen LogP contribution in [0.5, 0.6) is 0 Å². The van der Waals surface area contributed by atoms with Crippen LogP contribution < -0.4 is 4.72 Å². The van der Waals surface area contributed by atoms with E-state index in [9.17, 15) is 13.2 Å². The van der Waals surface area contributed by atoms with Gasteiger partial charge >= 0.3 is 0 Å². The van der Waals surface area contributed by atoms with Gasteiger partial charge in [0.25, 0.3) is 10.0 Å². The summed E-state index contributed by atoms with van der Waals surface area (Å²) in [7, 11) is -3.89. The molecule has 1 aromatic heterocycles. The van der Waals surface area contributed by atoms with Gasteiger partial charge in [0.05, 0.1) is 10.6 Å². The van der Waals surface area contributed by atoms with Crippen molar-refractivity contribution in [1.82, 2.24) is 4.98 Å². The molecule has 7 heteroatoms. The van der Waals surface area contributed by atoms with Crippen molar-refractivity contribution < 1.29 is 13.2 Å². The molecule has 3 rings (SSSR count). The number of aryl methyl sites for hydroxylation is 1. The molecule has 1 N–H and O–H groups in total. The summed E-state index contributed by atoms with van der Waals surface area (Å²) < 4.78 is 28.4. The van der Waals surface area contributed by atoms with Gasteiger partial charge in [0.15, 0.2) is 5.78 Å². The van der Waals surface area contributed by atoms with E-state index in [1.54, 1.807) is 43.3 Å². The molecular formula is C23H23ClN2O3S. The molecule has 2 aromatic carbocycles. The fraction of sp³-hybridized carbons (Fsp3) is 0.217. The fourth-order valence-corrected chi connectivity index (χ4v) is 4.23. The van der Waals surface area contributed by atoms with E-state index in [2.05, 4.69) is 30.5 Å². The van der Waals surface area contributed by atoms with Gasteiger partial charge in [0.1, 0.15) is 0 Å². The second kappa shape index (κ2) is 8.20. The SMILES string of the molecule is Cc1cc(C(=O)c2cc(Cl)ccc2NS(=O)(=O)c2ccc(C(C)(C)C)cc2)ccn1. The normalized spacial score (nSPS) is 11.9. The molecule has 0 bridgehead atoms. The quantitative estimate of drug-likeness (QED) is 0.538. The number of carbonyl (C=O) groups excluding carboxylic acids is 1. The summed E-state index contributed by atoms with van der Waals surface area (Å²) in [5.41, 5.74) is 2.36. The number of nitrogens with zero attached hydrogens (tertiary/aromatic N) is 1. The van der Waals surface area contributed by atoms with Crippen LogP contribution in [0.25, 0.3) is 0 Å². The van der Waals surface area contributed by atoms with E-state index in [4.69, 9.17) is 11.6 Å². The van der Waals surface area contributed by atoms with Gasteiger partial charge in [0.2, 0.25) is 0 Å². The third-order valence-corrected chi connectivity index (χ3v) is 6.28. The molecule has 0 aliphatic carbocycles. The lowest BCUT2D eigenvalue weighted by Gasteiger charge is -2.19. The molecular weight excluding hydrogens is 420 g/mol. The van der Waals surface area contributed by atoms with Crippen LogP contribution in [0.3, 0.4) is 0 Å². The summed E-state index contributed by atoms with van der Waals surface area (Å²) >= 11 is 6.09. The molecule has 3 aromatic rings. The first-order valence-electron chi connectivity index (χ1n) is 9.38. The molecule has 0 aliphatic heterocycles. The Kier molecular flexibility index (Phi) is 6.01. The zero-order valence-corrected chi connectivity index (χ0v) is 18.8. The van der Waals surface area contributed by atoms with E-state index in [0.717, 1.165) is 5.56 Å². The standard InChI is InChI=1S/C23H23ClN2O3S/c1-15-13-16(11-12-25-15)22(27)20-14-18(24)7-10-21(20)26-30(28,29)19-8-5-17(6-9-19)23(2,3)4/h5-14,26H,1-4H3. The molecule has 5 nitrogen and oxygen atoms in total. The van der Waals surface area contributed by atoms with Gasteiger partial charge in [0, 0.05) is 28.0 Å². The first-order valence-corrected chi connectivity index (χ1v) is 11.2. The lowest BCUT2D eigenvalue weighted by molar-refractivity contribution is 0.103. The Morgan fingerprint density at radius 3 is 2.27 bits per heavy atom. The number of hydrogen-bond donors (Lipinski definition) is 1. The lowest BCUT2D eigenvalue weighted by Crippen LogP contribution is -2.17. The number of rotatable bonds is 5. The van der Waals surface area contributed by atoms with Crippen molar-refractivity contribution in [2.75, 3.05) is 4.72 Å². The molecule has 0 aliphatic rings. The van der Waals surface area contributed by atoms with E-state index in [0.29, 0.717) is 16.3 Å². The summed E-state index contributed by atoms with van der Waals surface area (Å²) in [6.45, 7) is 7.95. The summed E-state index contributed by atoms with van der Waals surface area (Å²) in [6.07, 6.45) is 1.54. The Labute approximate surface area is 182 Å². The molecule has 0 amide bonds. The highest BCUT2D eigenvalue weighted by Gasteiger charge is 2.21. The van der Waals surface area contributed by atoms with Gasteiger partial charge < -0.3 is 0 Å². The number of anilines is 1. The zero-order valence-electron chi connectivity index (χ0n) is 17.2. The largest absolute Gasteiger partial charge is 0.289 e. The van der Waals surface area contributed by atoms with Gasteiger partial charge in [-0.3, -0.25) is 14.5 Å². The summed E-state index contributed by atoms with van der Waals surface area (Å²) in [6, 6.07) is 14.4. The van der Waals surface area contributed by atoms with E-state index in [1.807, 2.05) is 0 Å². The monoisotopic (exact) mass is 442 g/mol. The Morgan fingerprint density at radius 1 is 1.00 bits per heavy atom. The fourth-order valence-electron chi connectivity index (χ4n) is 2.97. The van der Waals surface area contributed by atoms with Gasteiger partial charge in [-0.25, -0.2) is 8.42 Å². The van der Waals surface area contributed by atoms with Crippen molar-refractivity contribution in [3.8, 4) is 0 Å². The molecule has 156 valence electrons. The smallest absolute Gasteiger partial charge is 0.261 e. The van der Waals surface area contributed by atoms with Crippen molar-refractivity contribution in [3.05, 3.63) is 88.2 Å². The van der Waals surface area contributed by atoms with Gasteiger partial charge in [-0.1, -0.05) is 44.5 Å². The molecule has 1 heterocycles. The molecule has 0 fully saturated rings. The van der Waals surface area contributed by atoms with E-state index < -0.39 is 10.0 Å². The minimum atomic E-state index is -3.89. The molecule has 30 heavy (non-hydrogen) atoms. The maximum atomic E-state index is 13.0. The maximum Gasteiger partial charge on any atom is 0.261 e. The van der Waals surface area contributed by atoms with Crippen LogP contribution in [0, 0.1) is 6.92 Å². The first-order chi connectivity index (χ1) is 14.0. The Hall–Kier alpha value is -2.70. The molecule has 0 unspecified atom stereocenters. The van der Waals surface area contributed by atoms with E-state index >= 15 is 0 Å². The number of aromatic nitrogens is 1. The number of pyridine rings is 1. The summed E-state index contributed by atoms with van der Waals surface area (Å²) in [5, 5.41) is 0.335. The van der Waals surface area contributed by atoms with Crippen molar-refractivity contribution >= 4 is 33.1 Å². The molecule has 0 saturated carbocycles. The Balaban J connectivity index is 1.97. The van der Waals surface area contributed by atoms with E-state index in [1.165, 1.54) is 24.4 Å². The Bertz CT molecular complexity index is 1200. The predicted octanol–water partition coefficient (Wildman–Crippen LogP) is 5.37. The third kappa shape index (κ3) is 4.89. The molecule has 0 atom stereocenters. The second-order valence-corrected chi connectivity index (χ2v) is 10.2. The number of nitrogens with one attached hydrogen (secondary N) is 1. The van der Waals surface area contributed by atoms with Gasteiger partial charge in [-0.2, -0.15) is 0 Å². The minimum Gasteiger partial charge on any atom is -0.289 e. The number of halogens is 1. The Morgan fingerprint density at radius 2 is 1.67 bits per heavy atom. The number of ketones is 1. The number of sulfonamides is 1. The predicted molar refractivity (Wildman–Crippen MR) is 120 cm³/mol. The van der Waals surface area contributed by atoms with Crippen LogP contribution in [0.4, 0.5) is 5.69 Å². The van der Waals surface area contributed by atoms with Gasteiger partial charge in [-0.05, 0) is 60.4 Å². The molecule has 0 spiro atoms. The summed E-state index contributed by atoms with van der Waals surface area (Å²) in [5.74, 6) is -0.344. The summed E-state index contributed by atoms with van der Waals surface area (Å²) in [4.78, 5) is 17.2. The number of carbonyl (C=O) groups is 1. The number of hydrogen-bond acceptors (Lipinski definition) is 4. The van der Waals surface area contributed by atoms with Crippen LogP contribution in [0.15, 0.2) is 65.7 Å². The third-order valence-electron chi connectivity index (χ3n) is 4.66. The number of benzene rings is 2. The van der Waals surface area contributed by atoms with Crippen LogP contribution in [0.2, 0.25) is 5.02 Å². The minimum absolute atomic E-state index is 0.0891. The molecule has 0 radical (unpaired) electrons. The highest BCUT2D eigenvalue weighted by Crippen LogP contribution is 2.28.